The average molecular weight is 2070 g/mol. The molecule has 40 heteroatoms. The predicted octanol–water partition coefficient (Wildman–Crippen LogP) is 19.5. The second kappa shape index (κ2) is 46.1. The van der Waals surface area contributed by atoms with Gasteiger partial charge in [-0.25, -0.2) is 45.7 Å². The molecule has 145 heavy (non-hydrogen) atoms. The number of phenolic OH excluding ortho intramolecular Hbond substituents is 4. The van der Waals surface area contributed by atoms with E-state index in [-0.39, 0.29) is 146 Å². The lowest BCUT2D eigenvalue weighted by Gasteiger charge is -2.36. The number of benzene rings is 9. The van der Waals surface area contributed by atoms with Crippen LogP contribution in [0.2, 0.25) is 20.1 Å². The molecule has 5 fully saturated rings. The number of nitrogens with one attached hydrogen (secondary N) is 1. The van der Waals surface area contributed by atoms with Crippen molar-refractivity contribution in [3.63, 3.8) is 0 Å². The number of fused-ring (bicyclic) bond motifs is 5. The number of piperazine rings is 4. The first-order valence-corrected chi connectivity index (χ1v) is 48.5. The number of piperidine rings is 1. The summed E-state index contributed by atoms with van der Waals surface area (Å²) in [4.78, 5) is 112. The normalized spacial score (nSPS) is 14.7. The molecule has 0 spiro atoms. The fourth-order valence-electron chi connectivity index (χ4n) is 18.0. The van der Waals surface area contributed by atoms with Crippen molar-refractivity contribution >= 4 is 159 Å². The number of hydrogen-bond donors (Lipinski definition) is 5. The number of Topliss-reactive ketones (excluding diaryl/α,β-unsaturated/α-hetero) is 1. The zero-order chi connectivity index (χ0) is 104. The van der Waals surface area contributed by atoms with Gasteiger partial charge in [-0.15, -0.1) is 0 Å². The van der Waals surface area contributed by atoms with E-state index in [1.54, 1.807) is 36.6 Å². The molecule has 0 bridgehead atoms. The van der Waals surface area contributed by atoms with E-state index in [0.717, 1.165) is 74.2 Å². The van der Waals surface area contributed by atoms with Gasteiger partial charge in [0.2, 0.25) is 29.6 Å². The van der Waals surface area contributed by atoms with Crippen LogP contribution in [0.4, 0.5) is 60.0 Å². The molecule has 0 aliphatic carbocycles. The molecule has 5 aliphatic rings. The number of hydrogen-bond acceptors (Lipinski definition) is 25. The molecular weight excluding hydrogens is 1960 g/mol. The number of unbranched alkanes of at least 4 members (excludes halogenated alkanes) is 1. The molecule has 4 aromatic heterocycles. The van der Waals surface area contributed by atoms with Crippen molar-refractivity contribution in [1.82, 2.24) is 64.4 Å². The first-order valence-electron chi connectivity index (χ1n) is 47.0. The summed E-state index contributed by atoms with van der Waals surface area (Å²) in [5.74, 6) is -6.59. The van der Waals surface area contributed by atoms with Gasteiger partial charge >= 0.3 is 12.0 Å². The zero-order valence-electron chi connectivity index (χ0n) is 79.8. The highest BCUT2D eigenvalue weighted by Crippen LogP contribution is 2.49. The summed E-state index contributed by atoms with van der Waals surface area (Å²) >= 11 is 26.1. The summed E-state index contributed by atoms with van der Waals surface area (Å²) in [6.07, 6.45) is 9.25. The van der Waals surface area contributed by atoms with Crippen molar-refractivity contribution in [2.24, 2.45) is 0 Å². The summed E-state index contributed by atoms with van der Waals surface area (Å²) in [5, 5.41) is 47.3. The van der Waals surface area contributed by atoms with Crippen LogP contribution in [0.25, 0.3) is 98.9 Å². The minimum Gasteiger partial charge on any atom is -0.508 e. The van der Waals surface area contributed by atoms with E-state index in [0.29, 0.717) is 163 Å². The molecule has 5 aliphatic heterocycles. The van der Waals surface area contributed by atoms with E-state index >= 15 is 17.6 Å². The van der Waals surface area contributed by atoms with E-state index in [4.69, 9.17) is 60.9 Å². The number of aromatic hydroxyl groups is 4. The molecule has 18 rings (SSSR count). The smallest absolute Gasteiger partial charge is 0.319 e. The fourth-order valence-corrected chi connectivity index (χ4v) is 19.2. The Hall–Kier alpha value is -14.5. The van der Waals surface area contributed by atoms with Crippen LogP contribution in [0, 0.1) is 40.7 Å². The summed E-state index contributed by atoms with van der Waals surface area (Å²) in [6, 6.07) is 28.2. The SMILES string of the molecule is C=CC(=O)N1CCN(c2nc(C(C)=O)nc3c(F)c(-c4c(O)cccc4F)c(Cl)cc23)CC1.C=CC(=O)N1CCN(c2nc(NC3CCN(C(C)C)CC3)nc3c(F)c(-c4c(O)cccc4F)c(Cl)cc23)CC1.C=CC(=O)N1CCN(c2nc(OCCC)nc3c(F)c(-c4cc(O)cc5ccccc45)c(Cl)cc23)CC1.C=CC(=O)N1CCN(c2nc(OCCCC)nc3c(F)c(-c4c(O)cccc4F)c(Cl)cc23)CC1. The first kappa shape index (κ1) is 105. The molecule has 5 N–H and O–H groups in total. The van der Waals surface area contributed by atoms with Gasteiger partial charge < -0.3 is 79.3 Å². The van der Waals surface area contributed by atoms with Gasteiger partial charge in [0.1, 0.15) is 85.8 Å². The van der Waals surface area contributed by atoms with E-state index in [1.165, 1.54) is 91.9 Å². The molecule has 29 nitrogen and oxygen atoms in total. The molecule has 5 saturated heterocycles. The van der Waals surface area contributed by atoms with E-state index in [9.17, 15) is 57.6 Å². The number of rotatable bonds is 23. The van der Waals surface area contributed by atoms with Crippen molar-refractivity contribution in [2.75, 3.05) is 156 Å². The maximum atomic E-state index is 16.3. The number of carbonyl (C=O) groups excluding carboxylic acids is 5. The number of carbonyl (C=O) groups is 5. The predicted molar refractivity (Wildman–Crippen MR) is 549 cm³/mol. The monoisotopic (exact) mass is 2060 g/mol. The van der Waals surface area contributed by atoms with Crippen molar-refractivity contribution in [3.05, 3.63) is 233 Å². The first-order chi connectivity index (χ1) is 69.6. The van der Waals surface area contributed by atoms with Gasteiger partial charge in [-0.1, -0.05) is 135 Å². The van der Waals surface area contributed by atoms with Crippen molar-refractivity contribution in [1.29, 1.82) is 0 Å². The largest absolute Gasteiger partial charge is 0.508 e. The number of anilines is 5. The Kier molecular flexibility index (Phi) is 33.3. The summed E-state index contributed by atoms with van der Waals surface area (Å²) in [6.45, 7) is 33.3. The van der Waals surface area contributed by atoms with Crippen LogP contribution in [-0.4, -0.2) is 257 Å². The number of aromatic nitrogens is 8. The van der Waals surface area contributed by atoms with E-state index in [2.05, 4.69) is 85.3 Å². The number of ketones is 1. The molecule has 0 radical (unpaired) electrons. The Morgan fingerprint density at radius 3 is 1.12 bits per heavy atom. The number of likely N-dealkylation sites (tertiary alicyclic amines) is 1. The molecule has 0 unspecified atom stereocenters. The maximum Gasteiger partial charge on any atom is 0.319 e. The Labute approximate surface area is 850 Å². The van der Waals surface area contributed by atoms with Crippen LogP contribution in [0.3, 0.4) is 0 Å². The van der Waals surface area contributed by atoms with Crippen LogP contribution in [-0.2, 0) is 19.2 Å². The van der Waals surface area contributed by atoms with Gasteiger partial charge in [-0.2, -0.15) is 24.9 Å². The Balaban J connectivity index is 0.000000146. The van der Waals surface area contributed by atoms with Crippen LogP contribution in [0.1, 0.15) is 77.3 Å². The topological polar surface area (TPSA) is 329 Å². The van der Waals surface area contributed by atoms with Gasteiger partial charge in [0.15, 0.2) is 34.9 Å². The molecule has 9 heterocycles. The lowest BCUT2D eigenvalue weighted by Crippen LogP contribution is -2.48. The van der Waals surface area contributed by atoms with Crippen LogP contribution >= 0.6 is 46.4 Å². The van der Waals surface area contributed by atoms with Crippen LogP contribution in [0.15, 0.2) is 166 Å². The molecule has 9 aromatic carbocycles. The van der Waals surface area contributed by atoms with Crippen molar-refractivity contribution in [3.8, 4) is 79.5 Å². The molecule has 0 saturated carbocycles. The summed E-state index contributed by atoms with van der Waals surface area (Å²) < 4.78 is 120. The second-order valence-corrected chi connectivity index (χ2v) is 36.6. The number of amides is 4. The molecular formula is C105H103Cl4F7N18O11. The third-order valence-corrected chi connectivity index (χ3v) is 26.8. The highest BCUT2D eigenvalue weighted by Gasteiger charge is 2.36. The number of halogens is 11. The summed E-state index contributed by atoms with van der Waals surface area (Å²) in [5.41, 5.74) is -1.64. The van der Waals surface area contributed by atoms with Crippen LogP contribution in [0.5, 0.6) is 35.0 Å². The third-order valence-electron chi connectivity index (χ3n) is 25.6. The lowest BCUT2D eigenvalue weighted by atomic mass is 9.96. The van der Waals surface area contributed by atoms with Crippen molar-refractivity contribution in [2.45, 2.75) is 78.8 Å². The molecule has 0 atom stereocenters. The van der Waals surface area contributed by atoms with Gasteiger partial charge in [-0.3, -0.25) is 24.0 Å². The highest BCUT2D eigenvalue weighted by atomic mass is 35.5. The minimum absolute atomic E-state index is 0.00607. The summed E-state index contributed by atoms with van der Waals surface area (Å²) in [7, 11) is 0. The fraction of sp³-hybridized carbons (Fsp3) is 0.305. The lowest BCUT2D eigenvalue weighted by molar-refractivity contribution is -0.127. The third kappa shape index (κ3) is 22.6. The standard InChI is InChI=1S/C29H33ClF2N6O2.C28H26ClFN4O3.C25H25ClF2N4O3.C23H19ClF2N4O3/c1-4-23(40)37-12-14-38(15-13-37)28-19-16-20(30)24(25-21(31)6-5-7-22(25)39)26(32)27(19)34-29(35-28)33-18-8-10-36(11-9-18)17(2)3;1-3-13-37-28-31-26-21(27(32-28)34-11-9-33(10-12-34)23(36)4-2)16-22(29)24(25(26)30)20-15-18(35)14-17-7-5-6-8-19(17)20;1-3-5-13-35-25-29-23-15(24(30-25)32-11-9-31(10-12-32)19(34)4-2)14-16(26)20(22(23)28)21-17(27)7-6-8-18(21)33;1-3-17(33)29-7-9-30(10-8-29)23-13-11-14(24)18(19-15(25)5-4-6-16(19)32)20(26)21(13)27-22(28-23)12(2)31/h4-7,16-18,39H,1,8-15H2,2-3H3,(H,33,34,35);4-8,14-16,35H,2-3,9-13H2,1H3;4,6-8,14,33H,2-3,5,9-13H2,1H3;3-6,11,32H,1,7-10H2,2H3. The molecule has 4 amide bonds. The maximum absolute atomic E-state index is 16.3. The minimum atomic E-state index is -0.982. The van der Waals surface area contributed by atoms with Gasteiger partial charge in [0.05, 0.1) is 50.0 Å². The second-order valence-electron chi connectivity index (χ2n) is 35.0. The van der Waals surface area contributed by atoms with Crippen molar-refractivity contribution < 1.29 is 84.6 Å². The van der Waals surface area contributed by atoms with Gasteiger partial charge in [-0.05, 0) is 153 Å². The van der Waals surface area contributed by atoms with Gasteiger partial charge in [0, 0.05) is 181 Å². The number of ether oxygens (including phenoxy) is 2. The highest BCUT2D eigenvalue weighted by molar-refractivity contribution is 6.36. The number of phenols is 4. The molecule has 13 aromatic rings. The number of nitrogens with zero attached hydrogens (tertiary/aromatic N) is 17. The average Bonchev–Trinajstić information content (AvgIpc) is 0.750. The zero-order valence-corrected chi connectivity index (χ0v) is 82.9. The van der Waals surface area contributed by atoms with Gasteiger partial charge in [0.25, 0.3) is 0 Å². The Bertz CT molecular complexity index is 7170. The molecule has 756 valence electrons. The van der Waals surface area contributed by atoms with E-state index in [1.807, 2.05) is 52.8 Å². The van der Waals surface area contributed by atoms with E-state index < -0.39 is 69.3 Å². The quantitative estimate of drug-likeness (QED) is 0.0172. The van der Waals surface area contributed by atoms with Crippen LogP contribution < -0.4 is 34.4 Å². The Morgan fingerprint density at radius 2 is 0.759 bits per heavy atom. The Morgan fingerprint density at radius 1 is 0.407 bits per heavy atom.